The molecule has 0 saturated carbocycles. The second kappa shape index (κ2) is 7.88. The maximum absolute atomic E-state index is 12.9. The molecule has 2 aromatic rings. The zero-order chi connectivity index (χ0) is 17.5. The molecule has 6 heteroatoms. The minimum atomic E-state index is -0.888. The van der Waals surface area contributed by atoms with Crippen molar-refractivity contribution < 1.29 is 18.7 Å². The number of hydrogen-bond acceptors (Lipinski definition) is 4. The van der Waals surface area contributed by atoms with Gasteiger partial charge in [0.2, 0.25) is 0 Å². The Bertz CT molecular complexity index is 764. The Labute approximate surface area is 138 Å². The molecule has 0 heterocycles. The van der Waals surface area contributed by atoms with Crippen molar-refractivity contribution in [2.24, 2.45) is 0 Å². The van der Waals surface area contributed by atoms with Gasteiger partial charge in [0.25, 0.3) is 5.91 Å². The second-order valence-corrected chi connectivity index (χ2v) is 5.07. The summed E-state index contributed by atoms with van der Waals surface area (Å²) >= 11 is 0. The number of rotatable bonds is 5. The fourth-order valence-corrected chi connectivity index (χ4v) is 2.13. The highest BCUT2D eigenvalue weighted by Gasteiger charge is 2.22. The summed E-state index contributed by atoms with van der Waals surface area (Å²) in [7, 11) is 1.23. The third-order valence-electron chi connectivity index (χ3n) is 3.42. The molecular weight excluding hydrogens is 311 g/mol. The maximum atomic E-state index is 12.9. The first-order valence-electron chi connectivity index (χ1n) is 7.17. The van der Waals surface area contributed by atoms with Crippen LogP contribution in [0.15, 0.2) is 48.5 Å². The van der Waals surface area contributed by atoms with Crippen molar-refractivity contribution in [2.75, 3.05) is 7.11 Å². The van der Waals surface area contributed by atoms with E-state index in [1.54, 1.807) is 24.3 Å². The van der Waals surface area contributed by atoms with Gasteiger partial charge in [0, 0.05) is 12.0 Å². The highest BCUT2D eigenvalue weighted by atomic mass is 19.1. The van der Waals surface area contributed by atoms with E-state index in [0.717, 1.165) is 5.56 Å². The number of nitriles is 1. The number of methoxy groups -OCH3 is 1. The first-order valence-corrected chi connectivity index (χ1v) is 7.17. The number of esters is 1. The molecule has 0 fully saturated rings. The van der Waals surface area contributed by atoms with Gasteiger partial charge in [-0.05, 0) is 42.0 Å². The topological polar surface area (TPSA) is 79.2 Å². The Morgan fingerprint density at radius 1 is 1.17 bits per heavy atom. The Kier molecular flexibility index (Phi) is 5.63. The van der Waals surface area contributed by atoms with Gasteiger partial charge in [-0.2, -0.15) is 5.26 Å². The molecule has 2 rings (SSSR count). The summed E-state index contributed by atoms with van der Waals surface area (Å²) < 4.78 is 17.6. The molecule has 1 atom stereocenters. The molecule has 1 amide bonds. The average Bonchev–Trinajstić information content (AvgIpc) is 2.61. The molecule has 0 aliphatic rings. The minimum Gasteiger partial charge on any atom is -0.467 e. The van der Waals surface area contributed by atoms with E-state index in [9.17, 15) is 14.0 Å². The number of halogens is 1. The third-order valence-corrected chi connectivity index (χ3v) is 3.42. The van der Waals surface area contributed by atoms with Crippen molar-refractivity contribution >= 4 is 11.9 Å². The standard InChI is InChI=1S/C18H15FN2O3/c1-24-18(23)16(10-12-2-4-13(11-20)5-3-12)21-17(22)14-6-8-15(19)9-7-14/h2-9,16H,10H2,1H3,(H,21,22)/t16-/m1/s1. The predicted molar refractivity (Wildman–Crippen MR) is 84.5 cm³/mol. The van der Waals surface area contributed by atoms with Crippen LogP contribution < -0.4 is 5.32 Å². The quantitative estimate of drug-likeness (QED) is 0.855. The highest BCUT2D eigenvalue weighted by molar-refractivity contribution is 5.96. The first-order chi connectivity index (χ1) is 11.5. The van der Waals surface area contributed by atoms with Gasteiger partial charge in [-0.15, -0.1) is 0 Å². The summed E-state index contributed by atoms with van der Waals surface area (Å²) in [5, 5.41) is 11.4. The predicted octanol–water partition coefficient (Wildman–Crippen LogP) is 2.21. The van der Waals surface area contributed by atoms with Gasteiger partial charge in [0.15, 0.2) is 0 Å². The average molecular weight is 326 g/mol. The molecule has 0 saturated heterocycles. The summed E-state index contributed by atoms with van der Waals surface area (Å²) in [5.74, 6) is -1.54. The highest BCUT2D eigenvalue weighted by Crippen LogP contribution is 2.09. The van der Waals surface area contributed by atoms with E-state index in [-0.39, 0.29) is 12.0 Å². The van der Waals surface area contributed by atoms with Gasteiger partial charge >= 0.3 is 5.97 Å². The van der Waals surface area contributed by atoms with Crippen LogP contribution in [0.3, 0.4) is 0 Å². The molecule has 24 heavy (non-hydrogen) atoms. The van der Waals surface area contributed by atoms with Crippen LogP contribution in [-0.2, 0) is 16.0 Å². The number of nitrogens with one attached hydrogen (secondary N) is 1. The number of amides is 1. The molecule has 0 unspecified atom stereocenters. The van der Waals surface area contributed by atoms with Crippen molar-refractivity contribution in [3.05, 3.63) is 71.0 Å². The number of ether oxygens (including phenoxy) is 1. The zero-order valence-electron chi connectivity index (χ0n) is 13.0. The van der Waals surface area contributed by atoms with Crippen LogP contribution in [0.2, 0.25) is 0 Å². The summed E-state index contributed by atoms with van der Waals surface area (Å²) in [6.07, 6.45) is 0.214. The molecule has 5 nitrogen and oxygen atoms in total. The van der Waals surface area contributed by atoms with E-state index in [0.29, 0.717) is 5.56 Å². The minimum absolute atomic E-state index is 0.214. The largest absolute Gasteiger partial charge is 0.467 e. The van der Waals surface area contributed by atoms with E-state index in [1.807, 2.05) is 6.07 Å². The molecule has 122 valence electrons. The number of benzene rings is 2. The van der Waals surface area contributed by atoms with E-state index in [1.165, 1.54) is 31.4 Å². The van der Waals surface area contributed by atoms with E-state index < -0.39 is 23.7 Å². The normalized spacial score (nSPS) is 11.2. The molecule has 0 aliphatic carbocycles. The van der Waals surface area contributed by atoms with Crippen LogP contribution in [-0.4, -0.2) is 25.0 Å². The number of nitrogens with zero attached hydrogens (tertiary/aromatic N) is 1. The summed E-state index contributed by atoms with van der Waals surface area (Å²) in [4.78, 5) is 24.1. The van der Waals surface area contributed by atoms with E-state index >= 15 is 0 Å². The Balaban J connectivity index is 2.12. The first kappa shape index (κ1) is 17.2. The van der Waals surface area contributed by atoms with Gasteiger partial charge in [-0.3, -0.25) is 4.79 Å². The molecule has 0 bridgehead atoms. The van der Waals surface area contributed by atoms with Crippen LogP contribution in [0.1, 0.15) is 21.5 Å². The molecule has 2 aromatic carbocycles. The summed E-state index contributed by atoms with van der Waals surface area (Å²) in [5.41, 5.74) is 1.51. The number of carbonyl (C=O) groups is 2. The Morgan fingerprint density at radius 3 is 2.33 bits per heavy atom. The van der Waals surface area contributed by atoms with Crippen LogP contribution >= 0.6 is 0 Å². The SMILES string of the molecule is COC(=O)[C@@H](Cc1ccc(C#N)cc1)NC(=O)c1ccc(F)cc1. The van der Waals surface area contributed by atoms with Gasteiger partial charge in [0.1, 0.15) is 11.9 Å². The molecule has 1 N–H and O–H groups in total. The van der Waals surface area contributed by atoms with Crippen LogP contribution in [0.25, 0.3) is 0 Å². The van der Waals surface area contributed by atoms with Crippen molar-refractivity contribution in [1.82, 2.24) is 5.32 Å². The number of hydrogen-bond donors (Lipinski definition) is 1. The molecule has 0 aromatic heterocycles. The van der Waals surface area contributed by atoms with E-state index in [2.05, 4.69) is 5.32 Å². The zero-order valence-corrected chi connectivity index (χ0v) is 13.0. The molecule has 0 radical (unpaired) electrons. The molecule has 0 aliphatic heterocycles. The van der Waals surface area contributed by atoms with Gasteiger partial charge in [0.05, 0.1) is 18.7 Å². The monoisotopic (exact) mass is 326 g/mol. The smallest absolute Gasteiger partial charge is 0.328 e. The maximum Gasteiger partial charge on any atom is 0.328 e. The van der Waals surface area contributed by atoms with Crippen molar-refractivity contribution in [1.29, 1.82) is 5.26 Å². The lowest BCUT2D eigenvalue weighted by molar-refractivity contribution is -0.142. The Morgan fingerprint density at radius 2 is 1.79 bits per heavy atom. The Hall–Kier alpha value is -3.20. The summed E-state index contributed by atoms with van der Waals surface area (Å²) in [6, 6.07) is 12.8. The fraction of sp³-hybridized carbons (Fsp3) is 0.167. The van der Waals surface area contributed by atoms with Crippen LogP contribution in [0.4, 0.5) is 4.39 Å². The van der Waals surface area contributed by atoms with Gasteiger partial charge in [-0.1, -0.05) is 12.1 Å². The lowest BCUT2D eigenvalue weighted by Gasteiger charge is -2.16. The lowest BCUT2D eigenvalue weighted by Crippen LogP contribution is -2.43. The fourth-order valence-electron chi connectivity index (χ4n) is 2.13. The molecular formula is C18H15FN2O3. The van der Waals surface area contributed by atoms with Crippen LogP contribution in [0, 0.1) is 17.1 Å². The third kappa shape index (κ3) is 4.40. The molecule has 0 spiro atoms. The number of carbonyl (C=O) groups excluding carboxylic acids is 2. The second-order valence-electron chi connectivity index (χ2n) is 5.07. The lowest BCUT2D eigenvalue weighted by atomic mass is 10.0. The summed E-state index contributed by atoms with van der Waals surface area (Å²) in [6.45, 7) is 0. The van der Waals surface area contributed by atoms with Crippen molar-refractivity contribution in [2.45, 2.75) is 12.5 Å². The van der Waals surface area contributed by atoms with Gasteiger partial charge < -0.3 is 10.1 Å². The van der Waals surface area contributed by atoms with E-state index in [4.69, 9.17) is 10.00 Å². The van der Waals surface area contributed by atoms with Crippen LogP contribution in [0.5, 0.6) is 0 Å². The van der Waals surface area contributed by atoms with Crippen molar-refractivity contribution in [3.63, 3.8) is 0 Å². The van der Waals surface area contributed by atoms with Gasteiger partial charge in [-0.25, -0.2) is 9.18 Å². The van der Waals surface area contributed by atoms with Crippen molar-refractivity contribution in [3.8, 4) is 6.07 Å².